The van der Waals surface area contributed by atoms with E-state index in [-0.39, 0.29) is 24.1 Å². The van der Waals surface area contributed by atoms with Crippen molar-refractivity contribution in [1.29, 1.82) is 0 Å². The van der Waals surface area contributed by atoms with Crippen LogP contribution in [0.4, 0.5) is 0 Å². The zero-order valence-electron chi connectivity index (χ0n) is 41.6. The molecule has 0 atom stereocenters. The molecule has 7 nitrogen and oxygen atoms in total. The number of Topliss-reactive ketones (excluding diaryl/α,β-unsaturated/α-hetero) is 5. The number of hydrogen-bond donors (Lipinski definition) is 0. The molecule has 6 aliphatic heterocycles. The SMILES string of the molecule is O=C1CCSc2c1ccc1ccccc21.O=C1CCSc2cc3c(cc21)OCO3.O=C1CCSc2cc3c(cc21)sc1ccccc13.O=C1CCSc2cc3ccccc3cc21.O=C1CCSc2ccc3ccccc3c21. The molecule has 0 unspecified atom stereocenters. The van der Waals surface area contributed by atoms with Crippen LogP contribution in [0, 0.1) is 0 Å². The lowest BCUT2D eigenvalue weighted by atomic mass is 10.00. The van der Waals surface area contributed by atoms with Gasteiger partial charge < -0.3 is 9.47 Å². The molecule has 0 bridgehead atoms. The first-order valence-corrected chi connectivity index (χ1v) is 31.2. The van der Waals surface area contributed by atoms with Crippen molar-refractivity contribution in [1.82, 2.24) is 0 Å². The molecule has 0 aliphatic carbocycles. The molecule has 0 spiro atoms. The first-order valence-electron chi connectivity index (χ1n) is 25.5. The second kappa shape index (κ2) is 22.9. The van der Waals surface area contributed by atoms with Gasteiger partial charge in [0, 0.05) is 133 Å². The van der Waals surface area contributed by atoms with E-state index in [1.165, 1.54) is 41.2 Å². The van der Waals surface area contributed by atoms with Crippen LogP contribution in [0.2, 0.25) is 0 Å². The Hall–Kier alpha value is -6.32. The summed E-state index contributed by atoms with van der Waals surface area (Å²) in [5.74, 6) is 7.36. The van der Waals surface area contributed by atoms with Gasteiger partial charge in [0.25, 0.3) is 0 Å². The summed E-state index contributed by atoms with van der Waals surface area (Å²) in [5.41, 5.74) is 4.45. The second-order valence-corrected chi connectivity index (χ2v) is 25.5. The maximum absolute atomic E-state index is 11.9. The van der Waals surface area contributed by atoms with E-state index in [1.54, 1.807) is 76.2 Å². The van der Waals surface area contributed by atoms with Crippen molar-refractivity contribution >= 4 is 152 Å². The number of carbonyl (C=O) groups excluding carboxylic acids is 5. The van der Waals surface area contributed by atoms with E-state index in [0.29, 0.717) is 49.4 Å². The molecule has 13 heteroatoms. The van der Waals surface area contributed by atoms with E-state index >= 15 is 0 Å². The van der Waals surface area contributed by atoms with E-state index in [9.17, 15) is 24.0 Å². The summed E-state index contributed by atoms with van der Waals surface area (Å²) in [6.07, 6.45) is 3.32. The third-order valence-electron chi connectivity index (χ3n) is 14.0. The van der Waals surface area contributed by atoms with E-state index < -0.39 is 0 Å². The van der Waals surface area contributed by atoms with Gasteiger partial charge in [-0.15, -0.1) is 70.1 Å². The van der Waals surface area contributed by atoms with E-state index in [2.05, 4.69) is 84.9 Å². The number of ether oxygens (including phenoxy) is 2. The summed E-state index contributed by atoms with van der Waals surface area (Å²) in [6.45, 7) is 0.261. The standard InChI is InChI=1S/C15H10OS2.3C13H10OS.C10H8O3S/c16-12-5-6-17-14-7-10-9-3-1-2-4-13(9)18-15(10)8-11(12)14;14-12-5-6-15-13-8-10-4-2-1-3-9(10)7-11(12)13;14-11-7-8-15-12-6-5-9-3-1-2-4-10(9)13(11)12;14-12-7-8-15-13-10-4-2-1-3-9(10)5-6-11(12)13;11-7-1-2-14-10-4-9-8(3-6(7)10)12-5-13-9/h1-4,7-8H,5-6H2;1-4,7-8H,5-6H2;2*1-6H,7-8H2;3-4H,1-2,5H2. The smallest absolute Gasteiger partial charge is 0.231 e. The van der Waals surface area contributed by atoms with Crippen LogP contribution >= 0.6 is 70.1 Å². The number of rotatable bonds is 0. The minimum absolute atomic E-state index is 0.206. The van der Waals surface area contributed by atoms with Gasteiger partial charge in [-0.3, -0.25) is 24.0 Å². The van der Waals surface area contributed by atoms with Gasteiger partial charge >= 0.3 is 0 Å². The van der Waals surface area contributed by atoms with Crippen molar-refractivity contribution < 1.29 is 33.4 Å². The van der Waals surface area contributed by atoms with Crippen LogP contribution in [0.5, 0.6) is 11.5 Å². The minimum Gasteiger partial charge on any atom is -0.454 e. The van der Waals surface area contributed by atoms with Crippen LogP contribution in [0.15, 0.2) is 182 Å². The molecule has 0 N–H and O–H groups in total. The molecule has 0 saturated heterocycles. The zero-order chi connectivity index (χ0) is 52.4. The fourth-order valence-electron chi connectivity index (χ4n) is 10.1. The molecule has 9 aromatic carbocycles. The highest BCUT2D eigenvalue weighted by Gasteiger charge is 2.25. The first kappa shape index (κ1) is 51.4. The Morgan fingerprint density at radius 2 is 0.805 bits per heavy atom. The third-order valence-corrected chi connectivity index (χ3v) is 20.5. The number of fused-ring (bicyclic) bond motifs is 14. The van der Waals surface area contributed by atoms with Crippen molar-refractivity contribution in [2.45, 2.75) is 56.6 Å². The van der Waals surface area contributed by atoms with Gasteiger partial charge in [-0.25, -0.2) is 0 Å². The number of ketones is 5. The average molecular weight is 1120 g/mol. The Labute approximate surface area is 470 Å². The molecule has 0 saturated carbocycles. The van der Waals surface area contributed by atoms with Gasteiger partial charge in [-0.1, -0.05) is 103 Å². The third kappa shape index (κ3) is 10.8. The molecular weight excluding hydrogens is 1070 g/mol. The summed E-state index contributed by atoms with van der Waals surface area (Å²) in [5, 5.41) is 9.67. The van der Waals surface area contributed by atoms with Crippen LogP contribution in [0.1, 0.15) is 83.9 Å². The Morgan fingerprint density at radius 1 is 0.325 bits per heavy atom. The van der Waals surface area contributed by atoms with Crippen molar-refractivity contribution in [2.75, 3.05) is 35.6 Å². The lowest BCUT2D eigenvalue weighted by Crippen LogP contribution is -2.08. The quantitative estimate of drug-likeness (QED) is 0.144. The number of thioether (sulfide) groups is 5. The predicted molar refractivity (Wildman–Crippen MR) is 322 cm³/mol. The lowest BCUT2D eigenvalue weighted by Gasteiger charge is -2.16. The van der Waals surface area contributed by atoms with Gasteiger partial charge in [-0.2, -0.15) is 0 Å². The summed E-state index contributed by atoms with van der Waals surface area (Å²) in [6, 6.07) is 53.3. The van der Waals surface area contributed by atoms with Crippen molar-refractivity contribution in [3.63, 3.8) is 0 Å². The van der Waals surface area contributed by atoms with Crippen molar-refractivity contribution in [3.05, 3.63) is 186 Å². The number of hydrogen-bond acceptors (Lipinski definition) is 13. The van der Waals surface area contributed by atoms with Crippen LogP contribution in [0.3, 0.4) is 0 Å². The molecule has 0 amide bonds. The number of thiophene rings is 1. The van der Waals surface area contributed by atoms with Crippen molar-refractivity contribution in [3.8, 4) is 11.5 Å². The number of carbonyl (C=O) groups is 5. The Balaban J connectivity index is 0.0000000970. The Bertz CT molecular complexity index is 4010. The lowest BCUT2D eigenvalue weighted by molar-refractivity contribution is 0.0976. The Kier molecular flexibility index (Phi) is 15.3. The van der Waals surface area contributed by atoms with Gasteiger partial charge in [0.2, 0.25) is 6.79 Å². The highest BCUT2D eigenvalue weighted by Crippen LogP contribution is 2.43. The van der Waals surface area contributed by atoms with E-state index in [4.69, 9.17) is 9.47 Å². The molecule has 382 valence electrons. The van der Waals surface area contributed by atoms with Crippen LogP contribution in [-0.2, 0) is 0 Å². The molecule has 16 rings (SSSR count). The molecule has 6 aliphatic rings. The fourth-order valence-corrected chi connectivity index (χ4v) is 16.6. The predicted octanol–water partition coefficient (Wildman–Crippen LogP) is 17.4. The van der Waals surface area contributed by atoms with E-state index in [1.807, 2.05) is 66.7 Å². The normalized spacial score (nSPS) is 15.8. The molecule has 1 aromatic heterocycles. The molecule has 0 fully saturated rings. The van der Waals surface area contributed by atoms with Crippen LogP contribution in [-0.4, -0.2) is 64.5 Å². The van der Waals surface area contributed by atoms with Crippen LogP contribution in [0.25, 0.3) is 52.5 Å². The maximum Gasteiger partial charge on any atom is 0.231 e. The summed E-state index contributed by atoms with van der Waals surface area (Å²) in [4.78, 5) is 64.5. The summed E-state index contributed by atoms with van der Waals surface area (Å²) >= 11 is 10.7. The monoisotopic (exact) mass is 1120 g/mol. The highest BCUT2D eigenvalue weighted by molar-refractivity contribution is 8.00. The maximum atomic E-state index is 11.9. The van der Waals surface area contributed by atoms with Gasteiger partial charge in [0.1, 0.15) is 0 Å². The average Bonchev–Trinajstić information content (AvgIpc) is 4.11. The Morgan fingerprint density at radius 3 is 1.51 bits per heavy atom. The largest absolute Gasteiger partial charge is 0.454 e. The zero-order valence-corrected chi connectivity index (χ0v) is 46.5. The fraction of sp³-hybridized carbons (Fsp3) is 0.172. The van der Waals surface area contributed by atoms with Crippen molar-refractivity contribution in [2.24, 2.45) is 0 Å². The molecular formula is C64H48O7S6. The van der Waals surface area contributed by atoms with E-state index in [0.717, 1.165) is 98.1 Å². The van der Waals surface area contributed by atoms with Gasteiger partial charge in [-0.05, 0) is 86.9 Å². The highest BCUT2D eigenvalue weighted by atomic mass is 32.2. The van der Waals surface area contributed by atoms with Gasteiger partial charge in [0.05, 0.1) is 0 Å². The molecule has 77 heavy (non-hydrogen) atoms. The summed E-state index contributed by atoms with van der Waals surface area (Å²) < 4.78 is 13.0. The number of benzene rings is 9. The topological polar surface area (TPSA) is 104 Å². The second-order valence-electron chi connectivity index (χ2n) is 18.8. The van der Waals surface area contributed by atoms with Crippen LogP contribution < -0.4 is 9.47 Å². The summed E-state index contributed by atoms with van der Waals surface area (Å²) in [7, 11) is 0. The first-order chi connectivity index (χ1) is 37.7. The molecule has 7 heterocycles. The minimum atomic E-state index is 0.206. The van der Waals surface area contributed by atoms with Gasteiger partial charge in [0.15, 0.2) is 40.4 Å². The molecule has 10 aromatic rings. The molecule has 0 radical (unpaired) electrons.